The molecule has 32 heavy (non-hydrogen) atoms. The molecule has 0 aliphatic carbocycles. The summed E-state index contributed by atoms with van der Waals surface area (Å²) in [7, 11) is 1.42. The van der Waals surface area contributed by atoms with E-state index in [-0.39, 0.29) is 22.2 Å². The molecule has 160 valence electrons. The maximum atomic E-state index is 13.5. The second-order valence-electron chi connectivity index (χ2n) is 6.85. The minimum Gasteiger partial charge on any atom is -0.503 e. The minimum atomic E-state index is -0.540. The van der Waals surface area contributed by atoms with E-state index in [1.165, 1.54) is 23.0 Å². The fourth-order valence-electron chi connectivity index (χ4n) is 3.34. The highest BCUT2D eigenvalue weighted by atomic mass is 79.9. The molecule has 0 radical (unpaired) electrons. The van der Waals surface area contributed by atoms with Crippen LogP contribution in [0, 0.1) is 0 Å². The third-order valence-corrected chi connectivity index (χ3v) is 5.83. The van der Waals surface area contributed by atoms with Crippen LogP contribution in [0.3, 0.4) is 0 Å². The number of nitrogens with zero attached hydrogens (tertiary/aromatic N) is 2. The van der Waals surface area contributed by atoms with Crippen LogP contribution in [0.15, 0.2) is 82.8 Å². The van der Waals surface area contributed by atoms with Crippen molar-refractivity contribution in [3.05, 3.63) is 88.4 Å². The van der Waals surface area contributed by atoms with Crippen LogP contribution in [0.5, 0.6) is 11.5 Å². The predicted octanol–water partition coefficient (Wildman–Crippen LogP) is 4.91. The average Bonchev–Trinajstić information content (AvgIpc) is 2.80. The maximum Gasteiger partial charge on any atom is 0.270 e. The highest BCUT2D eigenvalue weighted by Crippen LogP contribution is 2.37. The zero-order chi connectivity index (χ0) is 22.8. The van der Waals surface area contributed by atoms with Crippen molar-refractivity contribution in [1.29, 1.82) is 0 Å². The van der Waals surface area contributed by atoms with E-state index in [0.29, 0.717) is 21.4 Å². The van der Waals surface area contributed by atoms with Crippen LogP contribution >= 0.6 is 28.1 Å². The maximum absolute atomic E-state index is 13.5. The van der Waals surface area contributed by atoms with Gasteiger partial charge in [0.25, 0.3) is 11.8 Å². The summed E-state index contributed by atoms with van der Waals surface area (Å²) in [6.07, 6.45) is 1.46. The van der Waals surface area contributed by atoms with E-state index < -0.39 is 11.8 Å². The summed E-state index contributed by atoms with van der Waals surface area (Å²) in [6, 6.07) is 21.0. The number of anilines is 2. The number of aromatic hydroxyl groups is 1. The molecule has 8 heteroatoms. The summed E-state index contributed by atoms with van der Waals surface area (Å²) in [6.45, 7) is 0. The molecule has 1 aliphatic rings. The fourth-order valence-corrected chi connectivity index (χ4v) is 4.17. The molecule has 1 N–H and O–H groups in total. The average molecular weight is 509 g/mol. The van der Waals surface area contributed by atoms with Crippen molar-refractivity contribution in [3.8, 4) is 11.5 Å². The normalized spacial score (nSPS) is 14.1. The van der Waals surface area contributed by atoms with E-state index in [2.05, 4.69) is 15.9 Å². The third-order valence-electron chi connectivity index (χ3n) is 4.86. The summed E-state index contributed by atoms with van der Waals surface area (Å²) in [5.41, 5.74) is 1.51. The third kappa shape index (κ3) is 3.90. The van der Waals surface area contributed by atoms with Crippen molar-refractivity contribution in [2.45, 2.75) is 0 Å². The van der Waals surface area contributed by atoms with Gasteiger partial charge in [-0.05, 0) is 76.2 Å². The van der Waals surface area contributed by atoms with E-state index in [4.69, 9.17) is 17.0 Å². The van der Waals surface area contributed by atoms with Gasteiger partial charge < -0.3 is 9.84 Å². The molecule has 0 atom stereocenters. The number of para-hydroxylation sites is 2. The summed E-state index contributed by atoms with van der Waals surface area (Å²) in [4.78, 5) is 29.6. The molecule has 0 aromatic heterocycles. The summed E-state index contributed by atoms with van der Waals surface area (Å²) >= 11 is 8.85. The van der Waals surface area contributed by atoms with Gasteiger partial charge in [0.2, 0.25) is 0 Å². The number of methoxy groups -OCH3 is 1. The predicted molar refractivity (Wildman–Crippen MR) is 131 cm³/mol. The summed E-state index contributed by atoms with van der Waals surface area (Å²) in [5, 5.41) is 10.2. The molecule has 1 saturated heterocycles. The molecule has 1 aliphatic heterocycles. The molecule has 4 rings (SSSR count). The number of hydrogen-bond acceptors (Lipinski definition) is 5. The number of carbonyl (C=O) groups excluding carboxylic acids is 2. The van der Waals surface area contributed by atoms with Gasteiger partial charge in [0.15, 0.2) is 16.6 Å². The molecular formula is C24H17BrN2O4S. The molecule has 6 nitrogen and oxygen atoms in total. The van der Waals surface area contributed by atoms with E-state index in [9.17, 15) is 14.7 Å². The zero-order valence-electron chi connectivity index (χ0n) is 16.9. The minimum absolute atomic E-state index is 0.0685. The number of carbonyl (C=O) groups is 2. The van der Waals surface area contributed by atoms with Crippen LogP contribution < -0.4 is 14.5 Å². The van der Waals surface area contributed by atoms with Crippen molar-refractivity contribution in [1.82, 2.24) is 0 Å². The largest absolute Gasteiger partial charge is 0.503 e. The Balaban J connectivity index is 1.88. The summed E-state index contributed by atoms with van der Waals surface area (Å²) in [5.74, 6) is -0.950. The Hall–Kier alpha value is -3.49. The molecule has 2 amide bonds. The first-order valence-corrected chi connectivity index (χ1v) is 10.7. The van der Waals surface area contributed by atoms with Gasteiger partial charge in [0.1, 0.15) is 5.57 Å². The number of amides is 2. The Kier molecular flexibility index (Phi) is 6.07. The highest BCUT2D eigenvalue weighted by molar-refractivity contribution is 9.10. The van der Waals surface area contributed by atoms with Crippen molar-refractivity contribution in [3.63, 3.8) is 0 Å². The molecule has 0 unspecified atom stereocenters. The molecule has 1 heterocycles. The molecular weight excluding hydrogens is 492 g/mol. The number of phenols is 1. The Morgan fingerprint density at radius 2 is 1.41 bits per heavy atom. The quantitative estimate of drug-likeness (QED) is 0.308. The molecule has 3 aromatic carbocycles. The molecule has 0 bridgehead atoms. The van der Waals surface area contributed by atoms with Crippen LogP contribution in [-0.4, -0.2) is 29.1 Å². The number of thiocarbonyl (C=S) groups is 1. The van der Waals surface area contributed by atoms with Crippen molar-refractivity contribution in [2.24, 2.45) is 0 Å². The second kappa shape index (κ2) is 8.94. The Morgan fingerprint density at radius 1 is 0.906 bits per heavy atom. The standard InChI is InChI=1S/C24H17BrN2O4S/c1-31-20-14-15(13-19(25)21(20)28)12-18-22(29)26(16-8-4-2-5-9-16)24(32)27(23(18)30)17-10-6-3-7-11-17/h2-14,28H,1H3. The molecule has 3 aromatic rings. The molecule has 1 fully saturated rings. The Bertz CT molecular complexity index is 1180. The Labute approximate surface area is 198 Å². The van der Waals surface area contributed by atoms with Crippen LogP contribution in [0.2, 0.25) is 0 Å². The van der Waals surface area contributed by atoms with Gasteiger partial charge in [-0.15, -0.1) is 0 Å². The zero-order valence-corrected chi connectivity index (χ0v) is 19.3. The lowest BCUT2D eigenvalue weighted by molar-refractivity contribution is -0.120. The molecule has 0 spiro atoms. The van der Waals surface area contributed by atoms with Crippen LogP contribution in [0.25, 0.3) is 6.08 Å². The first-order valence-electron chi connectivity index (χ1n) is 9.53. The van der Waals surface area contributed by atoms with Crippen LogP contribution in [-0.2, 0) is 9.59 Å². The topological polar surface area (TPSA) is 70.1 Å². The highest BCUT2D eigenvalue weighted by Gasteiger charge is 2.41. The smallest absolute Gasteiger partial charge is 0.270 e. The van der Waals surface area contributed by atoms with Gasteiger partial charge in [-0.25, -0.2) is 0 Å². The Morgan fingerprint density at radius 3 is 1.88 bits per heavy atom. The monoisotopic (exact) mass is 508 g/mol. The van der Waals surface area contributed by atoms with E-state index >= 15 is 0 Å². The second-order valence-corrected chi connectivity index (χ2v) is 8.07. The van der Waals surface area contributed by atoms with Crippen molar-refractivity contribution in [2.75, 3.05) is 16.9 Å². The van der Waals surface area contributed by atoms with Gasteiger partial charge in [-0.2, -0.15) is 0 Å². The SMILES string of the molecule is COc1cc(C=C2C(=O)N(c3ccccc3)C(=S)N(c3ccccc3)C2=O)cc(Br)c1O. The van der Waals surface area contributed by atoms with Crippen molar-refractivity contribution < 1.29 is 19.4 Å². The van der Waals surface area contributed by atoms with Gasteiger partial charge in [-0.3, -0.25) is 19.4 Å². The van der Waals surface area contributed by atoms with Gasteiger partial charge in [0, 0.05) is 0 Å². The lowest BCUT2D eigenvalue weighted by Crippen LogP contribution is -2.56. The van der Waals surface area contributed by atoms with Gasteiger partial charge in [0.05, 0.1) is 23.0 Å². The first-order chi connectivity index (χ1) is 15.4. The summed E-state index contributed by atoms with van der Waals surface area (Å²) < 4.78 is 5.56. The van der Waals surface area contributed by atoms with Crippen LogP contribution in [0.1, 0.15) is 5.56 Å². The number of phenolic OH excluding ortho intramolecular Hbond substituents is 1. The number of halogens is 1. The van der Waals surface area contributed by atoms with Gasteiger partial charge in [-0.1, -0.05) is 36.4 Å². The van der Waals surface area contributed by atoms with Gasteiger partial charge >= 0.3 is 0 Å². The number of ether oxygens (including phenoxy) is 1. The van der Waals surface area contributed by atoms with E-state index in [1.54, 1.807) is 60.7 Å². The number of benzene rings is 3. The van der Waals surface area contributed by atoms with Crippen LogP contribution in [0.4, 0.5) is 11.4 Å². The van der Waals surface area contributed by atoms with E-state index in [0.717, 1.165) is 0 Å². The lowest BCUT2D eigenvalue weighted by Gasteiger charge is -2.36. The lowest BCUT2D eigenvalue weighted by atomic mass is 10.0. The first kappa shape index (κ1) is 21.7. The van der Waals surface area contributed by atoms with Crippen molar-refractivity contribution >= 4 is 62.5 Å². The molecule has 0 saturated carbocycles. The van der Waals surface area contributed by atoms with E-state index in [1.807, 2.05) is 12.1 Å². The number of rotatable bonds is 4. The fraction of sp³-hybridized carbons (Fsp3) is 0.0417. The number of hydrogen-bond donors (Lipinski definition) is 1.